The van der Waals surface area contributed by atoms with Gasteiger partial charge < -0.3 is 4.90 Å². The van der Waals surface area contributed by atoms with Gasteiger partial charge in [-0.1, -0.05) is 60.9 Å². The van der Waals surface area contributed by atoms with E-state index in [1.807, 2.05) is 4.90 Å². The summed E-state index contributed by atoms with van der Waals surface area (Å²) in [6.07, 6.45) is 7.08. The SMILES string of the molecule is Cc1ccc(N(C(=O)c2ccc(C#N)cc2)C2CCN([C@@H]3CCCC[C@@H]3c3ccccc3)CC2)cc1. The van der Waals surface area contributed by atoms with Crippen LogP contribution in [0.5, 0.6) is 0 Å². The average Bonchev–Trinajstić information content (AvgIpc) is 2.95. The quantitative estimate of drug-likeness (QED) is 0.411. The van der Waals surface area contributed by atoms with Crippen molar-refractivity contribution in [3.8, 4) is 6.07 Å². The van der Waals surface area contributed by atoms with Gasteiger partial charge in [0.15, 0.2) is 0 Å². The highest BCUT2D eigenvalue weighted by atomic mass is 16.2. The third kappa shape index (κ3) is 5.22. The predicted octanol–water partition coefficient (Wildman–Crippen LogP) is 6.70. The Bertz CT molecular complexity index is 1190. The average molecular weight is 478 g/mol. The highest BCUT2D eigenvalue weighted by Crippen LogP contribution is 2.38. The number of carbonyl (C=O) groups excluding carboxylic acids is 1. The molecule has 2 atom stereocenters. The molecular formula is C32H35N3O. The molecule has 0 unspecified atom stereocenters. The van der Waals surface area contributed by atoms with E-state index in [2.05, 4.69) is 72.5 Å². The van der Waals surface area contributed by atoms with Crippen LogP contribution in [0.3, 0.4) is 0 Å². The fraction of sp³-hybridized carbons (Fsp3) is 0.375. The van der Waals surface area contributed by atoms with Crippen LogP contribution in [-0.4, -0.2) is 36.0 Å². The maximum absolute atomic E-state index is 13.8. The summed E-state index contributed by atoms with van der Waals surface area (Å²) in [7, 11) is 0. The molecule has 1 saturated carbocycles. The van der Waals surface area contributed by atoms with Crippen LogP contribution < -0.4 is 4.90 Å². The van der Waals surface area contributed by atoms with E-state index >= 15 is 0 Å². The number of rotatable bonds is 5. The van der Waals surface area contributed by atoms with E-state index in [0.717, 1.165) is 31.6 Å². The highest BCUT2D eigenvalue weighted by molar-refractivity contribution is 6.06. The Labute approximate surface area is 215 Å². The Morgan fingerprint density at radius 2 is 1.53 bits per heavy atom. The predicted molar refractivity (Wildman–Crippen MR) is 145 cm³/mol. The maximum Gasteiger partial charge on any atom is 0.258 e. The maximum atomic E-state index is 13.8. The van der Waals surface area contributed by atoms with Crippen LogP contribution in [0.4, 0.5) is 5.69 Å². The number of nitriles is 1. The molecule has 5 rings (SSSR count). The molecule has 2 fully saturated rings. The molecule has 184 valence electrons. The van der Waals surface area contributed by atoms with Crippen LogP contribution in [0.2, 0.25) is 0 Å². The normalized spacial score (nSPS) is 21.0. The standard InChI is InChI=1S/C32H35N3O/c1-24-11-17-28(18-12-24)35(32(36)27-15-13-25(23-33)14-16-27)29-19-21-34(22-20-29)31-10-6-5-9-30(31)26-7-3-2-4-8-26/h2-4,7-8,11-18,29-31H,5-6,9-10,19-22H2,1H3/t30-,31-/m1/s1. The van der Waals surface area contributed by atoms with E-state index in [1.54, 1.807) is 24.3 Å². The Kier molecular flexibility index (Phi) is 7.49. The van der Waals surface area contributed by atoms with Gasteiger partial charge in [0.25, 0.3) is 5.91 Å². The van der Waals surface area contributed by atoms with Gasteiger partial charge in [-0.05, 0) is 80.5 Å². The smallest absolute Gasteiger partial charge is 0.258 e. The highest BCUT2D eigenvalue weighted by Gasteiger charge is 2.36. The van der Waals surface area contributed by atoms with E-state index in [0.29, 0.717) is 23.1 Å². The molecule has 0 radical (unpaired) electrons. The van der Waals surface area contributed by atoms with Crippen LogP contribution in [0.25, 0.3) is 0 Å². The Balaban J connectivity index is 1.35. The lowest BCUT2D eigenvalue weighted by molar-refractivity contribution is 0.0895. The van der Waals surface area contributed by atoms with Crippen molar-refractivity contribution in [2.45, 2.75) is 63.5 Å². The summed E-state index contributed by atoms with van der Waals surface area (Å²) in [6.45, 7) is 4.10. The third-order valence-corrected chi connectivity index (χ3v) is 8.08. The second-order valence-electron chi connectivity index (χ2n) is 10.3. The van der Waals surface area contributed by atoms with Gasteiger partial charge in [0.2, 0.25) is 0 Å². The van der Waals surface area contributed by atoms with Crippen molar-refractivity contribution in [1.82, 2.24) is 4.90 Å². The van der Waals surface area contributed by atoms with E-state index < -0.39 is 0 Å². The lowest BCUT2D eigenvalue weighted by Gasteiger charge is -2.45. The molecule has 0 bridgehead atoms. The molecule has 4 heteroatoms. The minimum atomic E-state index is 0.0154. The van der Waals surface area contributed by atoms with Crippen molar-refractivity contribution in [3.63, 3.8) is 0 Å². The van der Waals surface area contributed by atoms with Gasteiger partial charge >= 0.3 is 0 Å². The molecule has 1 saturated heterocycles. The molecule has 3 aromatic carbocycles. The molecule has 0 spiro atoms. The molecule has 1 aliphatic carbocycles. The molecule has 36 heavy (non-hydrogen) atoms. The number of likely N-dealkylation sites (tertiary alicyclic amines) is 1. The van der Waals surface area contributed by atoms with Crippen LogP contribution >= 0.6 is 0 Å². The largest absolute Gasteiger partial charge is 0.305 e. The van der Waals surface area contributed by atoms with Gasteiger partial charge in [0.1, 0.15) is 0 Å². The summed E-state index contributed by atoms with van der Waals surface area (Å²) in [5, 5.41) is 9.16. The first kappa shape index (κ1) is 24.3. The monoisotopic (exact) mass is 477 g/mol. The molecular weight excluding hydrogens is 442 g/mol. The van der Waals surface area contributed by atoms with Gasteiger partial charge in [-0.2, -0.15) is 5.26 Å². The minimum absolute atomic E-state index is 0.0154. The van der Waals surface area contributed by atoms with E-state index in [4.69, 9.17) is 5.26 Å². The molecule has 4 nitrogen and oxygen atoms in total. The Morgan fingerprint density at radius 1 is 0.861 bits per heavy atom. The van der Waals surface area contributed by atoms with Crippen molar-refractivity contribution in [1.29, 1.82) is 5.26 Å². The number of aryl methyl sites for hydroxylation is 1. The van der Waals surface area contributed by atoms with Crippen molar-refractivity contribution >= 4 is 11.6 Å². The van der Waals surface area contributed by atoms with E-state index in [-0.39, 0.29) is 11.9 Å². The topological polar surface area (TPSA) is 47.3 Å². The van der Waals surface area contributed by atoms with Crippen LogP contribution in [-0.2, 0) is 0 Å². The number of hydrogen-bond acceptors (Lipinski definition) is 3. The van der Waals surface area contributed by atoms with Gasteiger partial charge in [-0.15, -0.1) is 0 Å². The summed E-state index contributed by atoms with van der Waals surface area (Å²) in [6, 6.07) is 29.2. The fourth-order valence-corrected chi connectivity index (χ4v) is 6.14. The van der Waals surface area contributed by atoms with Crippen molar-refractivity contribution in [2.24, 2.45) is 0 Å². The lowest BCUT2D eigenvalue weighted by atomic mass is 9.78. The van der Waals surface area contributed by atoms with Gasteiger partial charge in [-0.3, -0.25) is 9.69 Å². The zero-order chi connectivity index (χ0) is 24.9. The van der Waals surface area contributed by atoms with Crippen molar-refractivity contribution in [2.75, 3.05) is 18.0 Å². The zero-order valence-corrected chi connectivity index (χ0v) is 21.1. The van der Waals surface area contributed by atoms with Crippen LogP contribution in [0, 0.1) is 18.3 Å². The first-order valence-corrected chi connectivity index (χ1v) is 13.3. The number of amides is 1. The summed E-state index contributed by atoms with van der Waals surface area (Å²) < 4.78 is 0. The first-order valence-electron chi connectivity index (χ1n) is 13.3. The molecule has 0 N–H and O–H groups in total. The summed E-state index contributed by atoms with van der Waals surface area (Å²) in [5.74, 6) is 0.617. The molecule has 0 aromatic heterocycles. The lowest BCUT2D eigenvalue weighted by Crippen LogP contribution is -2.51. The minimum Gasteiger partial charge on any atom is -0.305 e. The number of benzene rings is 3. The third-order valence-electron chi connectivity index (χ3n) is 8.08. The van der Waals surface area contributed by atoms with Crippen LogP contribution in [0.1, 0.15) is 71.5 Å². The second-order valence-corrected chi connectivity index (χ2v) is 10.3. The molecule has 1 amide bonds. The summed E-state index contributed by atoms with van der Waals surface area (Å²) in [4.78, 5) is 18.5. The number of anilines is 1. The first-order chi connectivity index (χ1) is 17.6. The van der Waals surface area contributed by atoms with Gasteiger partial charge in [-0.25, -0.2) is 0 Å². The van der Waals surface area contributed by atoms with E-state index in [1.165, 1.54) is 36.8 Å². The molecule has 1 heterocycles. The summed E-state index contributed by atoms with van der Waals surface area (Å²) >= 11 is 0. The fourth-order valence-electron chi connectivity index (χ4n) is 6.14. The second kappa shape index (κ2) is 11.1. The van der Waals surface area contributed by atoms with Gasteiger partial charge in [0.05, 0.1) is 11.6 Å². The number of piperidine rings is 1. The zero-order valence-electron chi connectivity index (χ0n) is 21.1. The molecule has 1 aliphatic heterocycles. The van der Waals surface area contributed by atoms with Crippen molar-refractivity contribution in [3.05, 3.63) is 101 Å². The number of hydrogen-bond donors (Lipinski definition) is 0. The van der Waals surface area contributed by atoms with Crippen LogP contribution in [0.15, 0.2) is 78.9 Å². The molecule has 2 aliphatic rings. The van der Waals surface area contributed by atoms with E-state index in [9.17, 15) is 4.79 Å². The molecule has 3 aromatic rings. The Morgan fingerprint density at radius 3 is 2.19 bits per heavy atom. The number of carbonyl (C=O) groups is 1. The number of nitrogens with zero attached hydrogens (tertiary/aromatic N) is 3. The Hall–Kier alpha value is -3.42. The van der Waals surface area contributed by atoms with Crippen molar-refractivity contribution < 1.29 is 4.79 Å². The van der Waals surface area contributed by atoms with Gasteiger partial charge in [0, 0.05) is 36.4 Å². The summed E-state index contributed by atoms with van der Waals surface area (Å²) in [5.41, 5.74) is 4.81.